The first-order chi connectivity index (χ1) is 8.39. The first kappa shape index (κ1) is 15.2. The highest BCUT2D eigenvalue weighted by Crippen LogP contribution is 2.24. The number of hydrogen-bond acceptors (Lipinski definition) is 4. The number of sulfonamides is 1. The lowest BCUT2D eigenvalue weighted by Gasteiger charge is -2.18. The number of nitrogen functional groups attached to an aromatic ring is 1. The van der Waals surface area contributed by atoms with E-state index >= 15 is 0 Å². The molecule has 1 aromatic rings. The zero-order valence-corrected chi connectivity index (χ0v) is 12.0. The molecule has 1 rings (SSSR count). The first-order valence-electron chi connectivity index (χ1n) is 5.48. The Labute approximate surface area is 113 Å². The van der Waals surface area contributed by atoms with E-state index in [0.717, 1.165) is 0 Å². The first-order valence-corrected chi connectivity index (χ1v) is 7.30. The number of likely N-dealkylation sites (N-methyl/N-ethyl adjacent to an activating group) is 1. The number of halogens is 1. The summed E-state index contributed by atoms with van der Waals surface area (Å²) in [6.45, 7) is 3.03. The van der Waals surface area contributed by atoms with Crippen molar-refractivity contribution in [3.8, 4) is 0 Å². The van der Waals surface area contributed by atoms with Gasteiger partial charge in [-0.2, -0.15) is 4.31 Å². The molecule has 0 aromatic heterocycles. The minimum Gasteiger partial charge on any atom is -0.398 e. The molecule has 0 heterocycles. The van der Waals surface area contributed by atoms with E-state index in [4.69, 9.17) is 22.1 Å². The van der Waals surface area contributed by atoms with Crippen LogP contribution in [0.25, 0.3) is 0 Å². The van der Waals surface area contributed by atoms with Crippen molar-refractivity contribution in [3.05, 3.63) is 23.2 Å². The Balaban J connectivity index is 2.91. The van der Waals surface area contributed by atoms with Crippen LogP contribution in [0.1, 0.15) is 6.92 Å². The molecule has 0 saturated carbocycles. The molecule has 0 saturated heterocycles. The summed E-state index contributed by atoms with van der Waals surface area (Å²) in [4.78, 5) is 0.0610. The molecule has 18 heavy (non-hydrogen) atoms. The molecule has 0 fully saturated rings. The molecule has 0 bridgehead atoms. The second kappa shape index (κ2) is 6.38. The van der Waals surface area contributed by atoms with Crippen LogP contribution in [0.3, 0.4) is 0 Å². The Hall–Kier alpha value is -0.820. The average Bonchev–Trinajstić information content (AvgIpc) is 2.28. The van der Waals surface area contributed by atoms with Crippen LogP contribution in [0.4, 0.5) is 5.69 Å². The smallest absolute Gasteiger partial charge is 0.244 e. The molecule has 0 spiro atoms. The zero-order chi connectivity index (χ0) is 13.8. The van der Waals surface area contributed by atoms with Gasteiger partial charge in [0, 0.05) is 25.2 Å². The summed E-state index contributed by atoms with van der Waals surface area (Å²) in [5.41, 5.74) is 5.82. The van der Waals surface area contributed by atoms with Gasteiger partial charge in [0.1, 0.15) is 4.90 Å². The molecule has 2 N–H and O–H groups in total. The van der Waals surface area contributed by atoms with Crippen LogP contribution in [0.2, 0.25) is 5.02 Å². The van der Waals surface area contributed by atoms with Gasteiger partial charge in [0.25, 0.3) is 0 Å². The number of rotatable bonds is 6. The van der Waals surface area contributed by atoms with E-state index in [2.05, 4.69) is 0 Å². The van der Waals surface area contributed by atoms with E-state index in [1.165, 1.54) is 29.6 Å². The van der Waals surface area contributed by atoms with Gasteiger partial charge in [-0.3, -0.25) is 0 Å². The second-order valence-electron chi connectivity index (χ2n) is 3.71. The fraction of sp³-hybridized carbons (Fsp3) is 0.455. The van der Waals surface area contributed by atoms with Crippen LogP contribution in [0, 0.1) is 0 Å². The largest absolute Gasteiger partial charge is 0.398 e. The van der Waals surface area contributed by atoms with Gasteiger partial charge in [0.15, 0.2) is 0 Å². The third-order valence-electron chi connectivity index (χ3n) is 2.41. The summed E-state index contributed by atoms with van der Waals surface area (Å²) in [5.74, 6) is 0. The van der Waals surface area contributed by atoms with Crippen LogP contribution >= 0.6 is 11.6 Å². The number of nitrogens with zero attached hydrogens (tertiary/aromatic N) is 1. The van der Waals surface area contributed by atoms with Crippen molar-refractivity contribution in [3.63, 3.8) is 0 Å². The van der Waals surface area contributed by atoms with Crippen molar-refractivity contribution >= 4 is 27.3 Å². The van der Waals surface area contributed by atoms with Crippen molar-refractivity contribution < 1.29 is 13.2 Å². The second-order valence-corrected chi connectivity index (χ2v) is 6.16. The average molecular weight is 293 g/mol. The number of hydrogen-bond donors (Lipinski definition) is 1. The van der Waals surface area contributed by atoms with E-state index in [0.29, 0.717) is 18.2 Å². The molecule has 5 nitrogen and oxygen atoms in total. The van der Waals surface area contributed by atoms with Gasteiger partial charge in [0.05, 0.1) is 12.3 Å². The highest BCUT2D eigenvalue weighted by molar-refractivity contribution is 7.89. The Kier molecular flexibility index (Phi) is 5.40. The van der Waals surface area contributed by atoms with Gasteiger partial charge >= 0.3 is 0 Å². The normalized spacial score (nSPS) is 12.0. The minimum absolute atomic E-state index is 0.0610. The summed E-state index contributed by atoms with van der Waals surface area (Å²) in [5, 5.41) is 0.406. The standard InChI is InChI=1S/C11H17ClN2O3S/c1-3-17-7-6-14(2)18(15,16)11-5-4-9(12)8-10(11)13/h4-5,8H,3,6-7,13H2,1-2H3. The molecule has 0 amide bonds. The SMILES string of the molecule is CCOCCN(C)S(=O)(=O)c1ccc(Cl)cc1N. The summed E-state index contributed by atoms with van der Waals surface area (Å²) >= 11 is 5.74. The van der Waals surface area contributed by atoms with E-state index in [1.807, 2.05) is 6.92 Å². The van der Waals surface area contributed by atoms with Crippen LogP contribution in [-0.2, 0) is 14.8 Å². The predicted octanol–water partition coefficient (Wildman–Crippen LogP) is 1.58. The van der Waals surface area contributed by atoms with E-state index < -0.39 is 10.0 Å². The van der Waals surface area contributed by atoms with Gasteiger partial charge in [-0.15, -0.1) is 0 Å². The summed E-state index contributed by atoms with van der Waals surface area (Å²) in [6.07, 6.45) is 0. The third kappa shape index (κ3) is 3.58. The Morgan fingerprint density at radius 3 is 2.67 bits per heavy atom. The fourth-order valence-electron chi connectivity index (χ4n) is 1.38. The number of nitrogens with two attached hydrogens (primary N) is 1. The topological polar surface area (TPSA) is 72.6 Å². The Bertz CT molecular complexity index is 505. The van der Waals surface area contributed by atoms with Gasteiger partial charge in [0.2, 0.25) is 10.0 Å². The van der Waals surface area contributed by atoms with Crippen molar-refractivity contribution in [2.75, 3.05) is 32.5 Å². The molecule has 0 radical (unpaired) electrons. The number of anilines is 1. The van der Waals surface area contributed by atoms with Crippen molar-refractivity contribution in [1.29, 1.82) is 0 Å². The molecule has 0 unspecified atom stereocenters. The quantitative estimate of drug-likeness (QED) is 0.638. The highest BCUT2D eigenvalue weighted by Gasteiger charge is 2.22. The fourth-order valence-corrected chi connectivity index (χ4v) is 2.81. The summed E-state index contributed by atoms with van der Waals surface area (Å²) < 4.78 is 30.7. The Morgan fingerprint density at radius 2 is 2.11 bits per heavy atom. The molecule has 102 valence electrons. The minimum atomic E-state index is -3.60. The van der Waals surface area contributed by atoms with Crippen molar-refractivity contribution in [2.24, 2.45) is 0 Å². The summed E-state index contributed by atoms with van der Waals surface area (Å²) in [6, 6.07) is 4.33. The predicted molar refractivity (Wildman–Crippen MR) is 72.2 cm³/mol. The molecular formula is C11H17ClN2O3S. The zero-order valence-electron chi connectivity index (χ0n) is 10.4. The van der Waals surface area contributed by atoms with Crippen LogP contribution in [0.15, 0.2) is 23.1 Å². The molecule has 0 aliphatic rings. The van der Waals surface area contributed by atoms with Crippen LogP contribution in [-0.4, -0.2) is 39.5 Å². The third-order valence-corrected chi connectivity index (χ3v) is 4.58. The molecule has 0 aliphatic carbocycles. The van der Waals surface area contributed by atoms with E-state index in [-0.39, 0.29) is 17.1 Å². The molecule has 0 aliphatic heterocycles. The van der Waals surface area contributed by atoms with Gasteiger partial charge < -0.3 is 10.5 Å². The lowest BCUT2D eigenvalue weighted by Crippen LogP contribution is -2.30. The maximum atomic E-state index is 12.2. The number of benzene rings is 1. The van der Waals surface area contributed by atoms with Gasteiger partial charge in [-0.05, 0) is 25.1 Å². The highest BCUT2D eigenvalue weighted by atomic mass is 35.5. The van der Waals surface area contributed by atoms with Gasteiger partial charge in [-0.25, -0.2) is 8.42 Å². The van der Waals surface area contributed by atoms with Crippen LogP contribution in [0.5, 0.6) is 0 Å². The maximum Gasteiger partial charge on any atom is 0.244 e. The van der Waals surface area contributed by atoms with Crippen molar-refractivity contribution in [2.45, 2.75) is 11.8 Å². The summed E-state index contributed by atoms with van der Waals surface area (Å²) in [7, 11) is -2.11. The lowest BCUT2D eigenvalue weighted by atomic mass is 10.3. The lowest BCUT2D eigenvalue weighted by molar-refractivity contribution is 0.138. The molecule has 7 heteroatoms. The molecule has 0 atom stereocenters. The molecule has 1 aromatic carbocycles. The van der Waals surface area contributed by atoms with E-state index in [1.54, 1.807) is 0 Å². The number of ether oxygens (including phenoxy) is 1. The maximum absolute atomic E-state index is 12.2. The van der Waals surface area contributed by atoms with E-state index in [9.17, 15) is 8.42 Å². The van der Waals surface area contributed by atoms with Gasteiger partial charge in [-0.1, -0.05) is 11.6 Å². The van der Waals surface area contributed by atoms with Crippen molar-refractivity contribution in [1.82, 2.24) is 4.31 Å². The monoisotopic (exact) mass is 292 g/mol. The Morgan fingerprint density at radius 1 is 1.44 bits per heavy atom. The molecular weight excluding hydrogens is 276 g/mol. The van der Waals surface area contributed by atoms with Crippen LogP contribution < -0.4 is 5.73 Å².